The minimum absolute atomic E-state index is 0.214. The van der Waals surface area contributed by atoms with Gasteiger partial charge in [-0.2, -0.15) is 8.78 Å². The highest BCUT2D eigenvalue weighted by atomic mass is 32.2. The van der Waals surface area contributed by atoms with Crippen molar-refractivity contribution >= 4 is 10.0 Å². The van der Waals surface area contributed by atoms with Gasteiger partial charge in [-0.05, 0) is 12.1 Å². The molecule has 1 aromatic rings. The zero-order valence-corrected chi connectivity index (χ0v) is 12.8. The minimum atomic E-state index is -3.89. The second-order valence-electron chi connectivity index (χ2n) is 4.81. The van der Waals surface area contributed by atoms with Gasteiger partial charge in [-0.25, -0.2) is 13.1 Å². The molecule has 9 heteroatoms. The van der Waals surface area contributed by atoms with Gasteiger partial charge in [0.05, 0.1) is 0 Å². The molecule has 1 aliphatic heterocycles. The van der Waals surface area contributed by atoms with E-state index in [1.54, 1.807) is 0 Å². The van der Waals surface area contributed by atoms with Gasteiger partial charge in [-0.15, -0.1) is 0 Å². The normalized spacial score (nSPS) is 16.9. The molecule has 0 atom stereocenters. The molecule has 1 aromatic carbocycles. The van der Waals surface area contributed by atoms with Crippen LogP contribution in [0.15, 0.2) is 29.2 Å². The number of nitrogens with one attached hydrogen (secondary N) is 2. The summed E-state index contributed by atoms with van der Waals surface area (Å²) in [5, 5.41) is 3.20. The third-order valence-electron chi connectivity index (χ3n) is 3.28. The number of rotatable bonds is 7. The Labute approximate surface area is 128 Å². The van der Waals surface area contributed by atoms with Gasteiger partial charge in [0.15, 0.2) is 0 Å². The van der Waals surface area contributed by atoms with Crippen molar-refractivity contribution in [3.63, 3.8) is 0 Å². The van der Waals surface area contributed by atoms with Crippen LogP contribution in [0.3, 0.4) is 0 Å². The van der Waals surface area contributed by atoms with E-state index in [-0.39, 0.29) is 17.2 Å². The van der Waals surface area contributed by atoms with Crippen LogP contribution in [0.25, 0.3) is 0 Å². The molecule has 0 saturated carbocycles. The average molecular weight is 335 g/mol. The smallest absolute Gasteiger partial charge is 0.387 e. The summed E-state index contributed by atoms with van der Waals surface area (Å²) < 4.78 is 55.8. The molecule has 6 nitrogen and oxygen atoms in total. The molecule has 1 fully saturated rings. The predicted octanol–water partition coefficient (Wildman–Crippen LogP) is 0.471. The van der Waals surface area contributed by atoms with Crippen molar-refractivity contribution in [1.29, 1.82) is 0 Å². The van der Waals surface area contributed by atoms with Crippen molar-refractivity contribution in [3.8, 4) is 5.75 Å². The largest absolute Gasteiger partial charge is 0.433 e. The number of halogens is 2. The van der Waals surface area contributed by atoms with E-state index in [2.05, 4.69) is 19.7 Å². The number of hydrogen-bond acceptors (Lipinski definition) is 5. The molecule has 124 valence electrons. The monoisotopic (exact) mass is 335 g/mol. The van der Waals surface area contributed by atoms with Crippen LogP contribution in [0.1, 0.15) is 0 Å². The molecule has 2 rings (SSSR count). The average Bonchev–Trinajstić information content (AvgIpc) is 2.48. The summed E-state index contributed by atoms with van der Waals surface area (Å²) in [6.45, 7) is 1.16. The number of sulfonamides is 1. The first-order valence-electron chi connectivity index (χ1n) is 6.95. The molecular formula is C13H19F2N3O3S. The fourth-order valence-electron chi connectivity index (χ4n) is 2.22. The van der Waals surface area contributed by atoms with Crippen LogP contribution in [0.2, 0.25) is 0 Å². The van der Waals surface area contributed by atoms with Crippen LogP contribution in [-0.2, 0) is 10.0 Å². The quantitative estimate of drug-likeness (QED) is 0.758. The van der Waals surface area contributed by atoms with E-state index in [0.717, 1.165) is 26.2 Å². The van der Waals surface area contributed by atoms with E-state index < -0.39 is 16.6 Å². The summed E-state index contributed by atoms with van der Waals surface area (Å²) in [5.74, 6) is -0.354. The Bertz CT molecular complexity index is 578. The van der Waals surface area contributed by atoms with Gasteiger partial charge in [0.2, 0.25) is 10.0 Å². The number of para-hydroxylation sites is 1. The molecule has 0 bridgehead atoms. The Hall–Kier alpha value is -1.29. The Kier molecular flexibility index (Phi) is 6.07. The molecule has 1 heterocycles. The van der Waals surface area contributed by atoms with Gasteiger partial charge in [0, 0.05) is 39.3 Å². The van der Waals surface area contributed by atoms with Crippen LogP contribution in [-0.4, -0.2) is 59.2 Å². The van der Waals surface area contributed by atoms with Crippen LogP contribution >= 0.6 is 0 Å². The molecule has 1 aliphatic rings. The maximum atomic E-state index is 12.3. The fraction of sp³-hybridized carbons (Fsp3) is 0.538. The van der Waals surface area contributed by atoms with E-state index in [4.69, 9.17) is 0 Å². The van der Waals surface area contributed by atoms with Crippen molar-refractivity contribution in [2.75, 3.05) is 39.3 Å². The van der Waals surface area contributed by atoms with Gasteiger partial charge < -0.3 is 10.1 Å². The lowest BCUT2D eigenvalue weighted by Crippen LogP contribution is -2.46. The Morgan fingerprint density at radius 3 is 2.64 bits per heavy atom. The molecule has 22 heavy (non-hydrogen) atoms. The van der Waals surface area contributed by atoms with E-state index in [0.29, 0.717) is 6.54 Å². The molecule has 0 aliphatic carbocycles. The summed E-state index contributed by atoms with van der Waals surface area (Å²) in [5.41, 5.74) is 0. The van der Waals surface area contributed by atoms with E-state index in [1.165, 1.54) is 24.3 Å². The van der Waals surface area contributed by atoms with Crippen molar-refractivity contribution in [2.45, 2.75) is 11.5 Å². The molecule has 1 saturated heterocycles. The van der Waals surface area contributed by atoms with E-state index >= 15 is 0 Å². The van der Waals surface area contributed by atoms with Crippen LogP contribution < -0.4 is 14.8 Å². The molecular weight excluding hydrogens is 316 g/mol. The van der Waals surface area contributed by atoms with Gasteiger partial charge >= 0.3 is 6.61 Å². The molecule has 0 radical (unpaired) electrons. The Morgan fingerprint density at radius 1 is 1.27 bits per heavy atom. The number of nitrogens with zero attached hydrogens (tertiary/aromatic N) is 1. The second-order valence-corrected chi connectivity index (χ2v) is 6.55. The minimum Gasteiger partial charge on any atom is -0.433 e. The first-order chi connectivity index (χ1) is 10.5. The summed E-state index contributed by atoms with van der Waals surface area (Å²) in [7, 11) is -3.89. The maximum Gasteiger partial charge on any atom is 0.387 e. The highest BCUT2D eigenvalue weighted by Crippen LogP contribution is 2.24. The summed E-state index contributed by atoms with van der Waals surface area (Å²) in [4.78, 5) is 1.84. The summed E-state index contributed by atoms with van der Waals surface area (Å²) in [6.07, 6.45) is 0. The first-order valence-corrected chi connectivity index (χ1v) is 8.44. The van der Waals surface area contributed by atoms with Gasteiger partial charge in [0.25, 0.3) is 0 Å². The lowest BCUT2D eigenvalue weighted by Gasteiger charge is -2.27. The van der Waals surface area contributed by atoms with Gasteiger partial charge in [0.1, 0.15) is 10.6 Å². The third-order valence-corrected chi connectivity index (χ3v) is 4.78. The highest BCUT2D eigenvalue weighted by molar-refractivity contribution is 7.89. The standard InChI is InChI=1S/C13H19F2N3O3S/c14-13(15)21-11-3-1-2-4-12(11)22(19,20)17-7-10-18-8-5-16-6-9-18/h1-4,13,16-17H,5-10H2. The molecule has 0 aromatic heterocycles. The van der Waals surface area contributed by atoms with E-state index in [1.807, 2.05) is 0 Å². The van der Waals surface area contributed by atoms with Crippen LogP contribution in [0, 0.1) is 0 Å². The molecule has 0 spiro atoms. The highest BCUT2D eigenvalue weighted by Gasteiger charge is 2.21. The number of alkyl halides is 2. The molecule has 0 amide bonds. The van der Waals surface area contributed by atoms with Crippen molar-refractivity contribution in [3.05, 3.63) is 24.3 Å². The first kappa shape index (κ1) is 17.1. The topological polar surface area (TPSA) is 70.7 Å². The lowest BCUT2D eigenvalue weighted by atomic mass is 10.3. The number of benzene rings is 1. The lowest BCUT2D eigenvalue weighted by molar-refractivity contribution is -0.0517. The number of hydrogen-bond donors (Lipinski definition) is 2. The van der Waals surface area contributed by atoms with Crippen LogP contribution in [0.4, 0.5) is 8.78 Å². The molecule has 2 N–H and O–H groups in total. The summed E-state index contributed by atoms with van der Waals surface area (Å²) >= 11 is 0. The second kappa shape index (κ2) is 7.82. The zero-order valence-electron chi connectivity index (χ0n) is 12.0. The van der Waals surface area contributed by atoms with E-state index in [9.17, 15) is 17.2 Å². The Balaban J connectivity index is 1.97. The third kappa shape index (κ3) is 4.87. The number of piperazine rings is 1. The van der Waals surface area contributed by atoms with Crippen molar-refractivity contribution in [1.82, 2.24) is 14.9 Å². The SMILES string of the molecule is O=S(=O)(NCCN1CCNCC1)c1ccccc1OC(F)F. The number of ether oxygens (including phenoxy) is 1. The zero-order chi connectivity index (χ0) is 16.0. The van der Waals surface area contributed by atoms with Crippen LogP contribution in [0.5, 0.6) is 5.75 Å². The van der Waals surface area contributed by atoms with Crippen molar-refractivity contribution < 1.29 is 21.9 Å². The maximum absolute atomic E-state index is 12.3. The van der Waals surface area contributed by atoms with Gasteiger partial charge in [-0.3, -0.25) is 4.90 Å². The fourth-order valence-corrected chi connectivity index (χ4v) is 3.37. The Morgan fingerprint density at radius 2 is 1.95 bits per heavy atom. The predicted molar refractivity (Wildman–Crippen MR) is 77.6 cm³/mol. The van der Waals surface area contributed by atoms with Crippen molar-refractivity contribution in [2.24, 2.45) is 0 Å². The summed E-state index contributed by atoms with van der Waals surface area (Å²) in [6, 6.07) is 5.35. The molecule has 0 unspecified atom stereocenters. The van der Waals surface area contributed by atoms with Gasteiger partial charge in [-0.1, -0.05) is 12.1 Å².